The number of thioether (sulfide) groups is 1. The van der Waals surface area contributed by atoms with E-state index in [0.29, 0.717) is 5.25 Å². The number of nitrogens with one attached hydrogen (secondary N) is 1. The summed E-state index contributed by atoms with van der Waals surface area (Å²) in [6.45, 7) is 6.11. The van der Waals surface area contributed by atoms with Gasteiger partial charge in [0.05, 0.1) is 6.61 Å². The summed E-state index contributed by atoms with van der Waals surface area (Å²) in [5.41, 5.74) is 1.38. The lowest BCUT2D eigenvalue weighted by Gasteiger charge is -2.21. The molecule has 1 saturated heterocycles. The van der Waals surface area contributed by atoms with Gasteiger partial charge in [-0.15, -0.1) is 11.8 Å². The van der Waals surface area contributed by atoms with Crippen molar-refractivity contribution in [2.24, 2.45) is 0 Å². The second-order valence-corrected chi connectivity index (χ2v) is 6.15. The van der Waals surface area contributed by atoms with Crippen LogP contribution in [0, 0.1) is 0 Å². The molecule has 1 atom stereocenters. The molecule has 1 aliphatic rings. The molecule has 1 N–H and O–H groups in total. The number of benzene rings is 1. The van der Waals surface area contributed by atoms with Crippen molar-refractivity contribution in [3.05, 3.63) is 29.8 Å². The third-order valence-corrected chi connectivity index (χ3v) is 4.31. The first-order valence-corrected chi connectivity index (χ1v) is 7.80. The minimum absolute atomic E-state index is 0.637. The van der Waals surface area contributed by atoms with Crippen molar-refractivity contribution >= 4 is 11.8 Å². The van der Waals surface area contributed by atoms with Crippen LogP contribution in [-0.4, -0.2) is 25.0 Å². The van der Waals surface area contributed by atoms with E-state index >= 15 is 0 Å². The van der Waals surface area contributed by atoms with Gasteiger partial charge < -0.3 is 10.1 Å². The average Bonchev–Trinajstić information content (AvgIpc) is 2.41. The van der Waals surface area contributed by atoms with Gasteiger partial charge in [0, 0.05) is 23.3 Å². The normalized spacial score (nSPS) is 19.9. The van der Waals surface area contributed by atoms with E-state index in [4.69, 9.17) is 4.74 Å². The van der Waals surface area contributed by atoms with Crippen LogP contribution in [0.25, 0.3) is 0 Å². The van der Waals surface area contributed by atoms with Gasteiger partial charge in [0.1, 0.15) is 0 Å². The van der Waals surface area contributed by atoms with Crippen molar-refractivity contribution in [3.63, 3.8) is 0 Å². The Labute approximate surface area is 114 Å². The van der Waals surface area contributed by atoms with Gasteiger partial charge in [-0.1, -0.05) is 19.1 Å². The highest BCUT2D eigenvalue weighted by Crippen LogP contribution is 2.29. The number of hydrogen-bond acceptors (Lipinski definition) is 3. The average molecular weight is 265 g/mol. The van der Waals surface area contributed by atoms with Crippen molar-refractivity contribution < 1.29 is 4.74 Å². The highest BCUT2D eigenvalue weighted by Gasteiger charge is 2.14. The smallest absolute Gasteiger partial charge is 0.0588 e. The molecule has 2 nitrogen and oxygen atoms in total. The standard InChI is InChI=1S/C15H23NOS/c1-2-8-16-11-13-5-3-6-14(10-13)18-15-7-4-9-17-12-15/h3,5-6,10,15-16H,2,4,7-9,11-12H2,1H3. The molecule has 1 aliphatic heterocycles. The monoisotopic (exact) mass is 265 g/mol. The summed E-state index contributed by atoms with van der Waals surface area (Å²) in [5.74, 6) is 0. The molecule has 0 amide bonds. The quantitative estimate of drug-likeness (QED) is 0.796. The van der Waals surface area contributed by atoms with Gasteiger partial charge in [-0.2, -0.15) is 0 Å². The van der Waals surface area contributed by atoms with Crippen LogP contribution >= 0.6 is 11.8 Å². The lowest BCUT2D eigenvalue weighted by Crippen LogP contribution is -2.19. The molecule has 1 fully saturated rings. The van der Waals surface area contributed by atoms with Crippen LogP contribution in [0.1, 0.15) is 31.7 Å². The van der Waals surface area contributed by atoms with Crippen LogP contribution in [0.5, 0.6) is 0 Å². The van der Waals surface area contributed by atoms with E-state index in [0.717, 1.165) is 26.3 Å². The summed E-state index contributed by atoms with van der Waals surface area (Å²) in [6.07, 6.45) is 3.67. The zero-order valence-corrected chi connectivity index (χ0v) is 12.0. The minimum atomic E-state index is 0.637. The fourth-order valence-corrected chi connectivity index (χ4v) is 3.35. The predicted octanol–water partition coefficient (Wildman–Crippen LogP) is 3.46. The second kappa shape index (κ2) is 7.82. The van der Waals surface area contributed by atoms with Crippen molar-refractivity contribution in [3.8, 4) is 0 Å². The second-order valence-electron chi connectivity index (χ2n) is 4.78. The van der Waals surface area contributed by atoms with E-state index in [1.165, 1.54) is 29.7 Å². The first-order chi connectivity index (χ1) is 8.88. The number of rotatable bonds is 6. The Kier molecular flexibility index (Phi) is 6.05. The SMILES string of the molecule is CCCNCc1cccc(SC2CCCOC2)c1. The fraction of sp³-hybridized carbons (Fsp3) is 0.600. The highest BCUT2D eigenvalue weighted by atomic mass is 32.2. The highest BCUT2D eigenvalue weighted by molar-refractivity contribution is 8.00. The first-order valence-electron chi connectivity index (χ1n) is 6.92. The van der Waals surface area contributed by atoms with Crippen molar-refractivity contribution in [2.45, 2.75) is 42.9 Å². The Balaban J connectivity index is 1.85. The zero-order valence-electron chi connectivity index (χ0n) is 11.2. The van der Waals surface area contributed by atoms with Crippen molar-refractivity contribution in [1.29, 1.82) is 0 Å². The summed E-state index contributed by atoms with van der Waals surface area (Å²) in [5, 5.41) is 4.08. The summed E-state index contributed by atoms with van der Waals surface area (Å²) in [6, 6.07) is 8.88. The molecule has 0 spiro atoms. The third-order valence-electron chi connectivity index (χ3n) is 3.08. The first kappa shape index (κ1) is 13.9. The lowest BCUT2D eigenvalue weighted by molar-refractivity contribution is 0.101. The van der Waals surface area contributed by atoms with Crippen LogP contribution in [0.3, 0.4) is 0 Å². The molecule has 0 saturated carbocycles. The number of ether oxygens (including phenoxy) is 1. The molecular weight excluding hydrogens is 242 g/mol. The number of hydrogen-bond donors (Lipinski definition) is 1. The van der Waals surface area contributed by atoms with E-state index in [9.17, 15) is 0 Å². The molecule has 0 aromatic heterocycles. The van der Waals surface area contributed by atoms with Gasteiger partial charge in [-0.05, 0) is 43.5 Å². The summed E-state index contributed by atoms with van der Waals surface area (Å²) in [7, 11) is 0. The Hall–Kier alpha value is -0.510. The molecule has 0 aliphatic carbocycles. The molecule has 18 heavy (non-hydrogen) atoms. The summed E-state index contributed by atoms with van der Waals surface area (Å²) < 4.78 is 5.53. The third kappa shape index (κ3) is 4.63. The largest absolute Gasteiger partial charge is 0.380 e. The van der Waals surface area contributed by atoms with E-state index < -0.39 is 0 Å². The van der Waals surface area contributed by atoms with Crippen LogP contribution in [0.15, 0.2) is 29.2 Å². The van der Waals surface area contributed by atoms with Gasteiger partial charge in [-0.3, -0.25) is 0 Å². The van der Waals surface area contributed by atoms with Crippen LogP contribution in [-0.2, 0) is 11.3 Å². The molecule has 1 heterocycles. The van der Waals surface area contributed by atoms with Gasteiger partial charge in [-0.25, -0.2) is 0 Å². The molecule has 1 unspecified atom stereocenters. The van der Waals surface area contributed by atoms with Gasteiger partial charge in [0.25, 0.3) is 0 Å². The Bertz CT molecular complexity index is 350. The maximum Gasteiger partial charge on any atom is 0.0588 e. The summed E-state index contributed by atoms with van der Waals surface area (Å²) >= 11 is 1.97. The van der Waals surface area contributed by atoms with Gasteiger partial charge >= 0.3 is 0 Å². The maximum atomic E-state index is 5.53. The fourth-order valence-electron chi connectivity index (χ4n) is 2.13. The molecular formula is C15H23NOS. The van der Waals surface area contributed by atoms with Crippen LogP contribution in [0.4, 0.5) is 0 Å². The van der Waals surface area contributed by atoms with E-state index in [1.54, 1.807) is 0 Å². The molecule has 1 aromatic rings. The minimum Gasteiger partial charge on any atom is -0.380 e. The molecule has 0 radical (unpaired) electrons. The lowest BCUT2D eigenvalue weighted by atomic mass is 10.2. The van der Waals surface area contributed by atoms with E-state index in [1.807, 2.05) is 11.8 Å². The van der Waals surface area contributed by atoms with E-state index in [2.05, 4.69) is 36.5 Å². The van der Waals surface area contributed by atoms with Gasteiger partial charge in [0.15, 0.2) is 0 Å². The zero-order chi connectivity index (χ0) is 12.6. The Morgan fingerprint density at radius 2 is 2.39 bits per heavy atom. The molecule has 3 heteroatoms. The van der Waals surface area contributed by atoms with Crippen LogP contribution in [0.2, 0.25) is 0 Å². The Morgan fingerprint density at radius 1 is 1.44 bits per heavy atom. The van der Waals surface area contributed by atoms with E-state index in [-0.39, 0.29) is 0 Å². The topological polar surface area (TPSA) is 21.3 Å². The summed E-state index contributed by atoms with van der Waals surface area (Å²) in [4.78, 5) is 1.38. The molecule has 0 bridgehead atoms. The van der Waals surface area contributed by atoms with Crippen molar-refractivity contribution in [2.75, 3.05) is 19.8 Å². The van der Waals surface area contributed by atoms with Gasteiger partial charge in [0.2, 0.25) is 0 Å². The molecule has 1 aromatic carbocycles. The van der Waals surface area contributed by atoms with Crippen LogP contribution < -0.4 is 5.32 Å². The maximum absolute atomic E-state index is 5.53. The Morgan fingerprint density at radius 3 is 3.17 bits per heavy atom. The molecule has 2 rings (SSSR count). The predicted molar refractivity (Wildman–Crippen MR) is 78.1 cm³/mol. The molecule has 100 valence electrons. The van der Waals surface area contributed by atoms with Crippen molar-refractivity contribution in [1.82, 2.24) is 5.32 Å².